The van der Waals surface area contributed by atoms with Crippen LogP contribution in [0.5, 0.6) is 0 Å². The lowest BCUT2D eigenvalue weighted by atomic mass is 9.64. The van der Waals surface area contributed by atoms with E-state index >= 15 is 0 Å². The molecule has 2 N–H and O–H groups in total. The molecule has 6 heteroatoms. The number of dihydropyridines is 1. The normalized spacial score (nSPS) is 23.0. The molecule has 5 nitrogen and oxygen atoms in total. The topological polar surface area (TPSA) is 110 Å². The Bertz CT molecular complexity index is 817. The molecule has 0 unspecified atom stereocenters. The number of nitriles is 3. The minimum Gasteiger partial charge on any atom is -0.399 e. The zero-order valence-electron chi connectivity index (χ0n) is 12.1. The van der Waals surface area contributed by atoms with Crippen LogP contribution >= 0.6 is 11.6 Å². The maximum Gasteiger partial charge on any atom is 0.212 e. The first-order valence-corrected chi connectivity index (χ1v) is 6.80. The fraction of sp³-hybridized carbons (Fsp3) is 0.250. The summed E-state index contributed by atoms with van der Waals surface area (Å²) in [5, 5.41) is 29.0. The van der Waals surface area contributed by atoms with Crippen molar-refractivity contribution in [2.45, 2.75) is 19.4 Å². The van der Waals surface area contributed by atoms with E-state index in [-0.39, 0.29) is 11.3 Å². The third-order valence-corrected chi connectivity index (χ3v) is 4.33. The Labute approximate surface area is 133 Å². The predicted octanol–water partition coefficient (Wildman–Crippen LogP) is 2.80. The minimum atomic E-state index is -1.80. The molecule has 0 spiro atoms. The number of hydrogen-bond acceptors (Lipinski definition) is 5. The van der Waals surface area contributed by atoms with Crippen molar-refractivity contribution < 1.29 is 0 Å². The summed E-state index contributed by atoms with van der Waals surface area (Å²) in [6.07, 6.45) is 0. The number of nitrogens with two attached hydrogens (primary N) is 1. The van der Waals surface area contributed by atoms with E-state index in [1.165, 1.54) is 0 Å². The first-order chi connectivity index (χ1) is 10.4. The van der Waals surface area contributed by atoms with E-state index in [1.807, 2.05) is 18.2 Å². The van der Waals surface area contributed by atoms with Gasteiger partial charge in [0, 0.05) is 10.6 Å². The lowest BCUT2D eigenvalue weighted by Gasteiger charge is -2.41. The van der Waals surface area contributed by atoms with E-state index in [4.69, 9.17) is 17.3 Å². The molecule has 0 saturated carbocycles. The van der Waals surface area contributed by atoms with Crippen molar-refractivity contribution in [3.63, 3.8) is 0 Å². The van der Waals surface area contributed by atoms with Crippen molar-refractivity contribution >= 4 is 17.3 Å². The zero-order valence-corrected chi connectivity index (χ0v) is 12.8. The van der Waals surface area contributed by atoms with Gasteiger partial charge in [0.2, 0.25) is 5.41 Å². The fourth-order valence-electron chi connectivity index (χ4n) is 2.74. The van der Waals surface area contributed by atoms with Crippen LogP contribution < -0.4 is 5.73 Å². The molecule has 1 aliphatic heterocycles. The summed E-state index contributed by atoms with van der Waals surface area (Å²) < 4.78 is 0. The highest BCUT2D eigenvalue weighted by Gasteiger charge is 2.57. The third kappa shape index (κ3) is 1.79. The summed E-state index contributed by atoms with van der Waals surface area (Å²) in [5.41, 5.74) is 3.79. The molecule has 1 aromatic rings. The molecule has 1 heterocycles. The Kier molecular flexibility index (Phi) is 3.67. The van der Waals surface area contributed by atoms with Gasteiger partial charge in [-0.05, 0) is 19.9 Å². The molecule has 1 aromatic carbocycles. The number of allylic oxidation sites excluding steroid dienone is 1. The second-order valence-electron chi connectivity index (χ2n) is 5.12. The van der Waals surface area contributed by atoms with Crippen molar-refractivity contribution in [3.8, 4) is 18.2 Å². The highest BCUT2D eigenvalue weighted by Crippen LogP contribution is 2.51. The van der Waals surface area contributed by atoms with Gasteiger partial charge in [-0.1, -0.05) is 29.8 Å². The number of rotatable bonds is 1. The molecular weight excluding hydrogens is 298 g/mol. The Balaban J connectivity index is 2.91. The van der Waals surface area contributed by atoms with Crippen LogP contribution in [0.1, 0.15) is 19.4 Å². The average molecular weight is 310 g/mol. The van der Waals surface area contributed by atoms with E-state index in [0.29, 0.717) is 16.3 Å². The molecule has 0 radical (unpaired) electrons. The lowest BCUT2D eigenvalue weighted by Crippen LogP contribution is -2.48. The van der Waals surface area contributed by atoms with Gasteiger partial charge in [0.15, 0.2) is 0 Å². The lowest BCUT2D eigenvalue weighted by molar-refractivity contribution is 0.324. The standard InChI is InChI=1S/C16H12ClN5/c1-10-11(7-18)14(21)16(8-19,9-20)15(2,22-10)12-5-3-4-6-13(12)17/h3-6H,21H2,1-2H3/t15-/m0/s1. The Morgan fingerprint density at radius 1 is 1.18 bits per heavy atom. The molecule has 1 atom stereocenters. The van der Waals surface area contributed by atoms with Crippen LogP contribution in [0.25, 0.3) is 0 Å². The predicted molar refractivity (Wildman–Crippen MR) is 82.4 cm³/mol. The SMILES string of the molecule is CC1=N[C@@](C)(c2ccccc2Cl)C(C#N)(C#N)C(N)=C1C#N. The summed E-state index contributed by atoms with van der Waals surface area (Å²) in [5.74, 6) is 0. The van der Waals surface area contributed by atoms with Crippen LogP contribution in [0.15, 0.2) is 40.5 Å². The second kappa shape index (κ2) is 5.19. The maximum absolute atomic E-state index is 9.69. The van der Waals surface area contributed by atoms with E-state index < -0.39 is 11.0 Å². The Hall–Kier alpha value is -2.81. The highest BCUT2D eigenvalue weighted by atomic mass is 35.5. The van der Waals surface area contributed by atoms with Gasteiger partial charge >= 0.3 is 0 Å². The van der Waals surface area contributed by atoms with Crippen molar-refractivity contribution in [2.24, 2.45) is 16.1 Å². The van der Waals surface area contributed by atoms with Crippen molar-refractivity contribution in [1.82, 2.24) is 0 Å². The zero-order chi connectivity index (χ0) is 16.5. The van der Waals surface area contributed by atoms with Gasteiger partial charge in [0.1, 0.15) is 11.6 Å². The van der Waals surface area contributed by atoms with E-state index in [1.54, 1.807) is 38.1 Å². The fourth-order valence-corrected chi connectivity index (χ4v) is 3.06. The molecule has 0 amide bonds. The van der Waals surface area contributed by atoms with Crippen LogP contribution in [0.4, 0.5) is 0 Å². The van der Waals surface area contributed by atoms with Crippen molar-refractivity contribution in [3.05, 3.63) is 46.1 Å². The van der Waals surface area contributed by atoms with Crippen LogP contribution in [0, 0.1) is 39.4 Å². The van der Waals surface area contributed by atoms with Gasteiger partial charge in [0.05, 0.1) is 29.1 Å². The number of nitrogens with zero attached hydrogens (tertiary/aromatic N) is 4. The Morgan fingerprint density at radius 2 is 1.77 bits per heavy atom. The molecule has 0 aliphatic carbocycles. The third-order valence-electron chi connectivity index (χ3n) is 4.00. The van der Waals surface area contributed by atoms with E-state index in [9.17, 15) is 15.8 Å². The monoisotopic (exact) mass is 309 g/mol. The molecule has 108 valence electrons. The number of benzene rings is 1. The molecule has 1 aliphatic rings. The van der Waals surface area contributed by atoms with Gasteiger partial charge in [0.25, 0.3) is 0 Å². The largest absolute Gasteiger partial charge is 0.399 e. The number of aliphatic imine (C=N–C) groups is 1. The van der Waals surface area contributed by atoms with E-state index in [0.717, 1.165) is 0 Å². The summed E-state index contributed by atoms with van der Waals surface area (Å²) in [6.45, 7) is 3.25. The van der Waals surface area contributed by atoms with Crippen LogP contribution in [-0.2, 0) is 5.54 Å². The van der Waals surface area contributed by atoms with Gasteiger partial charge < -0.3 is 5.73 Å². The first-order valence-electron chi connectivity index (χ1n) is 6.42. The van der Waals surface area contributed by atoms with Gasteiger partial charge in [-0.25, -0.2) is 0 Å². The number of halogens is 1. The quantitative estimate of drug-likeness (QED) is 0.859. The number of hydrogen-bond donors (Lipinski definition) is 1. The summed E-state index contributed by atoms with van der Waals surface area (Å²) >= 11 is 6.24. The van der Waals surface area contributed by atoms with Gasteiger partial charge in [-0.3, -0.25) is 4.99 Å². The van der Waals surface area contributed by atoms with E-state index in [2.05, 4.69) is 4.99 Å². The molecule has 22 heavy (non-hydrogen) atoms. The van der Waals surface area contributed by atoms with Crippen molar-refractivity contribution in [1.29, 1.82) is 15.8 Å². The maximum atomic E-state index is 9.69. The van der Waals surface area contributed by atoms with Crippen molar-refractivity contribution in [2.75, 3.05) is 0 Å². The summed E-state index contributed by atoms with van der Waals surface area (Å²) in [7, 11) is 0. The summed E-state index contributed by atoms with van der Waals surface area (Å²) in [6, 6.07) is 12.7. The van der Waals surface area contributed by atoms with Gasteiger partial charge in [-0.15, -0.1) is 0 Å². The molecule has 2 rings (SSSR count). The first kappa shape index (κ1) is 15.6. The van der Waals surface area contributed by atoms with Crippen LogP contribution in [-0.4, -0.2) is 5.71 Å². The smallest absolute Gasteiger partial charge is 0.212 e. The molecule has 0 bridgehead atoms. The molecule has 0 aromatic heterocycles. The van der Waals surface area contributed by atoms with Gasteiger partial charge in [-0.2, -0.15) is 15.8 Å². The summed E-state index contributed by atoms with van der Waals surface area (Å²) in [4.78, 5) is 4.47. The second-order valence-corrected chi connectivity index (χ2v) is 5.53. The highest BCUT2D eigenvalue weighted by molar-refractivity contribution is 6.31. The molecule has 0 fully saturated rings. The van der Waals surface area contributed by atoms with Crippen LogP contribution in [0.3, 0.4) is 0 Å². The van der Waals surface area contributed by atoms with Crippen LogP contribution in [0.2, 0.25) is 5.02 Å². The minimum absolute atomic E-state index is 0.0626. The molecular formula is C16H12ClN5. The average Bonchev–Trinajstić information content (AvgIpc) is 2.49. The molecule has 0 saturated heterocycles. The Morgan fingerprint density at radius 3 is 2.27 bits per heavy atom.